The summed E-state index contributed by atoms with van der Waals surface area (Å²) in [4.78, 5) is 8.04. The normalized spacial score (nSPS) is 10.8. The van der Waals surface area contributed by atoms with E-state index in [1.165, 1.54) is 12.3 Å². The summed E-state index contributed by atoms with van der Waals surface area (Å²) in [5.74, 6) is -6.62. The van der Waals surface area contributed by atoms with E-state index in [2.05, 4.69) is 9.97 Å². The number of halogens is 4. The quantitative estimate of drug-likeness (QED) is 0.390. The summed E-state index contributed by atoms with van der Waals surface area (Å²) >= 11 is 0. The lowest BCUT2D eigenvalue weighted by Gasteiger charge is -2.09. The van der Waals surface area contributed by atoms with Gasteiger partial charge in [-0.05, 0) is 30.7 Å². The Morgan fingerprint density at radius 3 is 2.30 bits per heavy atom. The maximum absolute atomic E-state index is 13.9. The van der Waals surface area contributed by atoms with Crippen LogP contribution in [0.1, 0.15) is 5.56 Å². The molecule has 116 valence electrons. The maximum Gasteiger partial charge on any atom is 0.198 e. The minimum atomic E-state index is -1.85. The average Bonchev–Trinajstić information content (AvgIpc) is 2.57. The molecule has 0 saturated heterocycles. The number of aromatic nitrogens is 2. The summed E-state index contributed by atoms with van der Waals surface area (Å²) in [6.45, 7) is 1.75. The molecule has 3 aromatic rings. The summed E-state index contributed by atoms with van der Waals surface area (Å²) < 4.78 is 53.6. The van der Waals surface area contributed by atoms with E-state index in [0.29, 0.717) is 11.6 Å². The van der Waals surface area contributed by atoms with E-state index in [0.717, 1.165) is 11.1 Å². The summed E-state index contributed by atoms with van der Waals surface area (Å²) in [6.07, 6.45) is 4.72. The zero-order chi connectivity index (χ0) is 16.6. The number of nitrogens with zero attached hydrogens (tertiary/aromatic N) is 2. The molecular formula is C17H10F4N2. The van der Waals surface area contributed by atoms with E-state index < -0.39 is 28.8 Å². The highest BCUT2D eigenvalue weighted by Gasteiger charge is 2.20. The van der Waals surface area contributed by atoms with E-state index in [-0.39, 0.29) is 5.69 Å². The molecule has 0 atom stereocenters. The van der Waals surface area contributed by atoms with Crippen LogP contribution in [0, 0.1) is 30.2 Å². The zero-order valence-corrected chi connectivity index (χ0v) is 11.9. The Morgan fingerprint density at radius 2 is 1.65 bits per heavy atom. The second kappa shape index (κ2) is 5.79. The molecule has 0 saturated carbocycles. The van der Waals surface area contributed by atoms with Gasteiger partial charge in [0.15, 0.2) is 23.3 Å². The van der Waals surface area contributed by atoms with Crippen molar-refractivity contribution in [2.75, 3.05) is 0 Å². The van der Waals surface area contributed by atoms with Gasteiger partial charge in [0.1, 0.15) is 0 Å². The minimum Gasteiger partial charge on any atom is -0.264 e. The van der Waals surface area contributed by atoms with Crippen LogP contribution in [0.3, 0.4) is 0 Å². The highest BCUT2D eigenvalue weighted by molar-refractivity contribution is 5.70. The van der Waals surface area contributed by atoms with Crippen LogP contribution in [-0.2, 0) is 0 Å². The first-order chi connectivity index (χ1) is 11.0. The van der Waals surface area contributed by atoms with Gasteiger partial charge in [-0.2, -0.15) is 0 Å². The van der Waals surface area contributed by atoms with Crippen molar-refractivity contribution in [1.82, 2.24) is 9.97 Å². The molecule has 0 spiro atoms. The number of benzene rings is 1. The van der Waals surface area contributed by atoms with Crippen molar-refractivity contribution >= 4 is 0 Å². The number of rotatable bonds is 2. The van der Waals surface area contributed by atoms with Gasteiger partial charge in [-0.3, -0.25) is 9.97 Å². The molecule has 0 fully saturated rings. The number of hydrogen-bond donors (Lipinski definition) is 0. The van der Waals surface area contributed by atoms with E-state index in [9.17, 15) is 17.6 Å². The number of pyridine rings is 2. The lowest BCUT2D eigenvalue weighted by atomic mass is 10.0. The SMILES string of the molecule is Cc1cc(-c2cc(F)c(F)c(F)c2F)ncc1-c1cccnc1. The Bertz CT molecular complexity index is 880. The van der Waals surface area contributed by atoms with Gasteiger partial charge < -0.3 is 0 Å². The monoisotopic (exact) mass is 318 g/mol. The Labute approximate surface area is 129 Å². The van der Waals surface area contributed by atoms with Gasteiger partial charge in [-0.15, -0.1) is 0 Å². The van der Waals surface area contributed by atoms with Crippen LogP contribution in [0.5, 0.6) is 0 Å². The third-order valence-electron chi connectivity index (χ3n) is 3.46. The summed E-state index contributed by atoms with van der Waals surface area (Å²) in [5, 5.41) is 0. The molecule has 0 unspecified atom stereocenters. The minimum absolute atomic E-state index is 0.0189. The third kappa shape index (κ3) is 2.67. The lowest BCUT2D eigenvalue weighted by molar-refractivity contribution is 0.410. The van der Waals surface area contributed by atoms with Crippen LogP contribution in [0.4, 0.5) is 17.6 Å². The van der Waals surface area contributed by atoms with Crippen molar-refractivity contribution in [3.8, 4) is 22.4 Å². The Balaban J connectivity index is 2.12. The number of aryl methyl sites for hydroxylation is 1. The smallest absolute Gasteiger partial charge is 0.198 e. The molecule has 0 bridgehead atoms. The fraction of sp³-hybridized carbons (Fsp3) is 0.0588. The van der Waals surface area contributed by atoms with Gasteiger partial charge in [0.25, 0.3) is 0 Å². The first kappa shape index (κ1) is 15.1. The molecular weight excluding hydrogens is 308 g/mol. The van der Waals surface area contributed by atoms with Crippen LogP contribution < -0.4 is 0 Å². The molecule has 0 amide bonds. The van der Waals surface area contributed by atoms with Gasteiger partial charge in [0.05, 0.1) is 5.69 Å². The topological polar surface area (TPSA) is 25.8 Å². The van der Waals surface area contributed by atoms with Crippen LogP contribution in [0.25, 0.3) is 22.4 Å². The molecule has 1 aromatic carbocycles. The zero-order valence-electron chi connectivity index (χ0n) is 11.9. The number of hydrogen-bond acceptors (Lipinski definition) is 2. The second-order valence-electron chi connectivity index (χ2n) is 4.97. The van der Waals surface area contributed by atoms with Gasteiger partial charge in [-0.25, -0.2) is 17.6 Å². The predicted octanol–water partition coefficient (Wildman–Crippen LogP) is 4.68. The van der Waals surface area contributed by atoms with Crippen LogP contribution >= 0.6 is 0 Å². The van der Waals surface area contributed by atoms with Gasteiger partial charge in [0.2, 0.25) is 0 Å². The fourth-order valence-electron chi connectivity index (χ4n) is 2.29. The van der Waals surface area contributed by atoms with Gasteiger partial charge >= 0.3 is 0 Å². The molecule has 2 aromatic heterocycles. The Kier molecular flexibility index (Phi) is 3.82. The molecule has 0 aliphatic carbocycles. The first-order valence-electron chi connectivity index (χ1n) is 6.69. The van der Waals surface area contributed by atoms with Crippen LogP contribution in [-0.4, -0.2) is 9.97 Å². The summed E-state index contributed by atoms with van der Waals surface area (Å²) in [7, 11) is 0. The second-order valence-corrected chi connectivity index (χ2v) is 4.97. The highest BCUT2D eigenvalue weighted by atomic mass is 19.2. The van der Waals surface area contributed by atoms with E-state index in [1.54, 1.807) is 25.4 Å². The van der Waals surface area contributed by atoms with Crippen molar-refractivity contribution in [3.63, 3.8) is 0 Å². The third-order valence-corrected chi connectivity index (χ3v) is 3.46. The Hall–Kier alpha value is -2.76. The van der Waals surface area contributed by atoms with E-state index in [1.807, 2.05) is 6.07 Å². The van der Waals surface area contributed by atoms with Crippen molar-refractivity contribution in [1.29, 1.82) is 0 Å². The van der Waals surface area contributed by atoms with Crippen molar-refractivity contribution in [2.45, 2.75) is 6.92 Å². The van der Waals surface area contributed by atoms with E-state index >= 15 is 0 Å². The summed E-state index contributed by atoms with van der Waals surface area (Å²) in [5.41, 5.74) is 1.87. The largest absolute Gasteiger partial charge is 0.264 e. The summed E-state index contributed by atoms with van der Waals surface area (Å²) in [6, 6.07) is 5.67. The average molecular weight is 318 g/mol. The van der Waals surface area contributed by atoms with Crippen LogP contribution in [0.2, 0.25) is 0 Å². The fourth-order valence-corrected chi connectivity index (χ4v) is 2.29. The highest BCUT2D eigenvalue weighted by Crippen LogP contribution is 2.30. The molecule has 3 rings (SSSR count). The molecule has 2 nitrogen and oxygen atoms in total. The standard InChI is InChI=1S/C17H10F4N2/c1-9-5-14(11-6-13(18)16(20)17(21)15(11)19)23-8-12(9)10-3-2-4-22-7-10/h2-8H,1H3. The maximum atomic E-state index is 13.9. The molecule has 23 heavy (non-hydrogen) atoms. The van der Waals surface area contributed by atoms with Crippen molar-refractivity contribution < 1.29 is 17.6 Å². The first-order valence-corrected chi connectivity index (χ1v) is 6.69. The molecule has 2 heterocycles. The van der Waals surface area contributed by atoms with Crippen molar-refractivity contribution in [2.24, 2.45) is 0 Å². The van der Waals surface area contributed by atoms with Crippen LogP contribution in [0.15, 0.2) is 42.9 Å². The molecule has 0 aliphatic rings. The van der Waals surface area contributed by atoms with E-state index in [4.69, 9.17) is 0 Å². The molecule has 0 aliphatic heterocycles. The predicted molar refractivity (Wildman–Crippen MR) is 77.5 cm³/mol. The van der Waals surface area contributed by atoms with Crippen molar-refractivity contribution in [3.05, 3.63) is 71.7 Å². The lowest BCUT2D eigenvalue weighted by Crippen LogP contribution is -2.00. The van der Waals surface area contributed by atoms with Gasteiger partial charge in [-0.1, -0.05) is 6.07 Å². The molecule has 0 radical (unpaired) electrons. The molecule has 6 heteroatoms. The van der Waals surface area contributed by atoms with Gasteiger partial charge in [0, 0.05) is 35.3 Å². The Morgan fingerprint density at radius 1 is 0.870 bits per heavy atom. The molecule has 0 N–H and O–H groups in total.